The molecule has 0 saturated heterocycles. The molecule has 0 aromatic carbocycles. The van der Waals surface area contributed by atoms with Gasteiger partial charge in [-0.05, 0) is 0 Å². The second kappa shape index (κ2) is 7.47. The Morgan fingerprint density at radius 3 is 2.55 bits per heavy atom. The van der Waals surface area contributed by atoms with Crippen LogP contribution in [-0.4, -0.2) is 5.97 Å². The number of carbonyl (C=O) groups excluding carboxylic acids is 1. The maximum atomic E-state index is 11.1. The van der Waals surface area contributed by atoms with Crippen molar-refractivity contribution >= 4 is 5.97 Å². The van der Waals surface area contributed by atoms with Crippen molar-refractivity contribution in [2.75, 3.05) is 0 Å². The first-order valence-electron chi connectivity index (χ1n) is 4.13. The van der Waals surface area contributed by atoms with Crippen LogP contribution in [0.25, 0.3) is 0 Å². The minimum absolute atomic E-state index is 0.00705. The molecule has 0 bridgehead atoms. The molecule has 0 aliphatic heterocycles. The van der Waals surface area contributed by atoms with E-state index in [1.807, 2.05) is 6.92 Å². The van der Waals surface area contributed by atoms with Crippen molar-refractivity contribution in [2.24, 2.45) is 5.92 Å². The number of hydrogen-bond donors (Lipinski definition) is 0. The van der Waals surface area contributed by atoms with Crippen LogP contribution in [0.15, 0.2) is 0 Å². The summed E-state index contributed by atoms with van der Waals surface area (Å²) in [6, 6.07) is 0. The predicted molar refractivity (Wildman–Crippen MR) is 39.4 cm³/mol. The van der Waals surface area contributed by atoms with Gasteiger partial charge in [0.15, 0.2) is 0 Å². The minimum atomic E-state index is 0.00705. The number of unbranched alkanes of at least 4 members (excludes halogenated alkanes) is 1. The molecule has 0 saturated carbocycles. The molecule has 63 valence electrons. The van der Waals surface area contributed by atoms with Crippen LogP contribution in [0.3, 0.4) is 0 Å². The molecule has 0 aromatic heterocycles. The molecule has 0 radical (unpaired) electrons. The summed E-state index contributed by atoms with van der Waals surface area (Å²) in [5, 5.41) is 0. The summed E-state index contributed by atoms with van der Waals surface area (Å²) in [4.78, 5) is 11.1. The molecule has 3 heteroatoms. The Morgan fingerprint density at radius 1 is 1.55 bits per heavy atom. The van der Waals surface area contributed by atoms with Crippen LogP contribution in [0, 0.1) is 45.3 Å². The van der Waals surface area contributed by atoms with E-state index < -0.39 is 0 Å². The van der Waals surface area contributed by atoms with Gasteiger partial charge in [0.1, 0.15) is 0 Å². The quantitative estimate of drug-likeness (QED) is 0.775. The molecule has 0 aromatic rings. The normalized spacial score (nSPS) is 12.5. The van der Waals surface area contributed by atoms with E-state index in [0.29, 0.717) is 39.4 Å². The zero-order valence-electron chi connectivity index (χ0n) is 7.22. The van der Waals surface area contributed by atoms with Crippen LogP contribution >= 0.6 is 0 Å². The van der Waals surface area contributed by atoms with Crippen molar-refractivity contribution in [1.29, 1.82) is 0 Å². The van der Waals surface area contributed by atoms with E-state index in [9.17, 15) is 4.79 Å². The van der Waals surface area contributed by atoms with Crippen molar-refractivity contribution in [1.82, 2.24) is 0 Å². The second-order valence-electron chi connectivity index (χ2n) is 2.67. The number of carbonyl (C=O) groups is 1. The van der Waals surface area contributed by atoms with Gasteiger partial charge in [0, 0.05) is 0 Å². The average Bonchev–Trinajstić information content (AvgIpc) is 2.05. The Hall–Kier alpha value is 0.821. The SMILES string of the molecule is CCCCC(CC)C(=O)[O][Nd]. The third kappa shape index (κ3) is 5.12. The molecule has 1 unspecified atom stereocenters. The van der Waals surface area contributed by atoms with E-state index in [0.717, 1.165) is 25.7 Å². The zero-order valence-corrected chi connectivity index (χ0v) is 10.4. The predicted octanol–water partition coefficient (Wildman–Crippen LogP) is 2.21. The fraction of sp³-hybridized carbons (Fsp3) is 0.875. The molecule has 2 nitrogen and oxygen atoms in total. The first-order chi connectivity index (χ1) is 5.26. The molecule has 1 atom stereocenters. The second-order valence-corrected chi connectivity index (χ2v) is 3.32. The van der Waals surface area contributed by atoms with Crippen LogP contribution in [-0.2, 0) is 5.86 Å². The summed E-state index contributed by atoms with van der Waals surface area (Å²) < 4.78 is 4.80. The topological polar surface area (TPSA) is 26.3 Å². The Labute approximate surface area is 95.8 Å². The van der Waals surface area contributed by atoms with Crippen LogP contribution < -0.4 is 0 Å². The van der Waals surface area contributed by atoms with E-state index in [4.69, 9.17) is 1.06 Å². The van der Waals surface area contributed by atoms with E-state index in [1.165, 1.54) is 0 Å². The van der Waals surface area contributed by atoms with Gasteiger partial charge in [0.05, 0.1) is 0 Å². The van der Waals surface area contributed by atoms with Crippen molar-refractivity contribution < 1.29 is 45.2 Å². The molecule has 0 N–H and O–H groups in total. The molecule has 0 heterocycles. The van der Waals surface area contributed by atoms with Crippen molar-refractivity contribution in [3.05, 3.63) is 0 Å². The molecule has 0 amide bonds. The molecule has 11 heavy (non-hydrogen) atoms. The Balaban J connectivity index is 3.65. The summed E-state index contributed by atoms with van der Waals surface area (Å²) in [6.45, 7) is 4.18. The van der Waals surface area contributed by atoms with Crippen LogP contribution in [0.2, 0.25) is 0 Å². The zero-order chi connectivity index (χ0) is 8.69. The maximum absolute atomic E-state index is 11.1. The van der Waals surface area contributed by atoms with Gasteiger partial charge in [-0.1, -0.05) is 0 Å². The van der Waals surface area contributed by atoms with Crippen molar-refractivity contribution in [3.8, 4) is 0 Å². The third-order valence-corrected chi connectivity index (χ3v) is 2.48. The molecule has 0 spiro atoms. The summed E-state index contributed by atoms with van der Waals surface area (Å²) in [5.74, 6) is 0.167. The first-order valence-corrected chi connectivity index (χ1v) is 5.44. The van der Waals surface area contributed by atoms with Crippen molar-refractivity contribution in [3.63, 3.8) is 0 Å². The van der Waals surface area contributed by atoms with Gasteiger partial charge in [-0.2, -0.15) is 0 Å². The monoisotopic (exact) mass is 285 g/mol. The van der Waals surface area contributed by atoms with Gasteiger partial charge in [-0.15, -0.1) is 0 Å². The average molecular weight is 287 g/mol. The van der Waals surface area contributed by atoms with Gasteiger partial charge >= 0.3 is 96.6 Å². The molecular formula is C8H15NdO2. The Kier molecular flexibility index (Phi) is 8.03. The first kappa shape index (κ1) is 11.8. The molecule has 0 aliphatic carbocycles. The molecule has 0 fully saturated rings. The summed E-state index contributed by atoms with van der Waals surface area (Å²) in [7, 11) is 0. The Bertz CT molecular complexity index is 115. The van der Waals surface area contributed by atoms with E-state index in [1.54, 1.807) is 0 Å². The van der Waals surface area contributed by atoms with Gasteiger partial charge in [-0.3, -0.25) is 0 Å². The van der Waals surface area contributed by atoms with Crippen LogP contribution in [0.4, 0.5) is 0 Å². The number of hydrogen-bond acceptors (Lipinski definition) is 2. The molecular weight excluding hydrogens is 272 g/mol. The van der Waals surface area contributed by atoms with Crippen molar-refractivity contribution in [2.45, 2.75) is 39.5 Å². The fourth-order valence-corrected chi connectivity index (χ4v) is 1.56. The molecule has 0 rings (SSSR count). The van der Waals surface area contributed by atoms with Gasteiger partial charge < -0.3 is 0 Å². The van der Waals surface area contributed by atoms with Gasteiger partial charge in [0.2, 0.25) is 0 Å². The van der Waals surface area contributed by atoms with E-state index in [-0.39, 0.29) is 11.9 Å². The fourth-order valence-electron chi connectivity index (χ4n) is 1.02. The summed E-state index contributed by atoms with van der Waals surface area (Å²) in [5.41, 5.74) is 0. The van der Waals surface area contributed by atoms with E-state index in [2.05, 4.69) is 6.92 Å². The molecule has 0 aliphatic rings. The van der Waals surface area contributed by atoms with Crippen LogP contribution in [0.5, 0.6) is 0 Å². The van der Waals surface area contributed by atoms with Gasteiger partial charge in [0.25, 0.3) is 0 Å². The standard InChI is InChI=1S/C8H16O2.Nd/c1-3-5-6-7(4-2)8(9)10;/h7H,3-6H2,1-2H3,(H,9,10);/q;+1/p-1. The number of rotatable bonds is 5. The summed E-state index contributed by atoms with van der Waals surface area (Å²) in [6.07, 6.45) is 4.20. The van der Waals surface area contributed by atoms with Crippen LogP contribution in [0.1, 0.15) is 39.5 Å². The summed E-state index contributed by atoms with van der Waals surface area (Å²) >= 11 is 0.534. The Morgan fingerprint density at radius 2 is 2.18 bits per heavy atom. The van der Waals surface area contributed by atoms with E-state index >= 15 is 0 Å². The van der Waals surface area contributed by atoms with Gasteiger partial charge in [-0.25, -0.2) is 0 Å². The third-order valence-electron chi connectivity index (χ3n) is 1.83.